The Labute approximate surface area is 131 Å². The molecule has 5 rings (SSSR count). The predicted molar refractivity (Wildman–Crippen MR) is 85.5 cm³/mol. The fraction of sp³-hybridized carbons (Fsp3) is 0.750. The van der Waals surface area contributed by atoms with Crippen LogP contribution in [0.1, 0.15) is 48.3 Å². The van der Waals surface area contributed by atoms with Crippen LogP contribution in [0.5, 0.6) is 0 Å². The molecule has 4 bridgehead atoms. The Balaban J connectivity index is 0.00000121. The first-order chi connectivity index (χ1) is 9.04. The van der Waals surface area contributed by atoms with Gasteiger partial charge in [0.25, 0.3) is 0 Å². The highest BCUT2D eigenvalue weighted by Crippen LogP contribution is 2.57. The fourth-order valence-corrected chi connectivity index (χ4v) is 6.11. The normalized spacial score (nSPS) is 41.7. The first-order valence-corrected chi connectivity index (χ1v) is 8.39. The Bertz CT molecular complexity index is 486. The van der Waals surface area contributed by atoms with Crippen molar-refractivity contribution in [2.75, 3.05) is 0 Å². The van der Waals surface area contributed by atoms with E-state index in [0.29, 0.717) is 0 Å². The minimum atomic E-state index is -0.345. The maximum atomic E-state index is 10.7. The molecular weight excluding hydrogens is 290 g/mol. The van der Waals surface area contributed by atoms with E-state index in [1.54, 1.807) is 0 Å². The van der Waals surface area contributed by atoms with Gasteiger partial charge in [-0.1, -0.05) is 0 Å². The quantitative estimate of drug-likeness (QED) is 0.892. The molecule has 4 aliphatic rings. The van der Waals surface area contributed by atoms with Gasteiger partial charge in [-0.25, -0.2) is 0 Å². The van der Waals surface area contributed by atoms with Crippen LogP contribution in [0, 0.1) is 18.8 Å². The van der Waals surface area contributed by atoms with Gasteiger partial charge in [0.1, 0.15) is 0 Å². The Morgan fingerprint density at radius 1 is 1.25 bits per heavy atom. The molecule has 112 valence electrons. The summed E-state index contributed by atoms with van der Waals surface area (Å²) in [6.45, 7) is 3.15. The zero-order valence-corrected chi connectivity index (χ0v) is 13.7. The standard InChI is InChI=1S/C16H23NOS.ClH/c1-11-2-3-14(19-11)9-17-15-5-12-4-13(6-15)8-16(18,7-12)10-15;/h2-3,12-13,17-18H,4-10H2,1H3;1H. The molecule has 0 saturated heterocycles. The minimum absolute atomic E-state index is 0. The summed E-state index contributed by atoms with van der Waals surface area (Å²) >= 11 is 1.89. The van der Waals surface area contributed by atoms with Crippen LogP contribution in [0.3, 0.4) is 0 Å². The fourth-order valence-electron chi connectivity index (χ4n) is 5.28. The van der Waals surface area contributed by atoms with Gasteiger partial charge in [-0.15, -0.1) is 23.7 Å². The van der Waals surface area contributed by atoms with Crippen molar-refractivity contribution in [1.82, 2.24) is 5.32 Å². The highest BCUT2D eigenvalue weighted by molar-refractivity contribution is 7.11. The SMILES string of the molecule is Cc1ccc(CNC23CC4CC(CC(O)(C4)C2)C3)s1.Cl. The van der Waals surface area contributed by atoms with E-state index in [2.05, 4.69) is 24.4 Å². The average molecular weight is 314 g/mol. The number of hydrogen-bond acceptors (Lipinski definition) is 3. The molecule has 2 N–H and O–H groups in total. The van der Waals surface area contributed by atoms with Crippen molar-refractivity contribution in [3.63, 3.8) is 0 Å². The molecule has 4 saturated carbocycles. The van der Waals surface area contributed by atoms with E-state index in [0.717, 1.165) is 37.6 Å². The topological polar surface area (TPSA) is 32.3 Å². The van der Waals surface area contributed by atoms with Gasteiger partial charge in [-0.3, -0.25) is 0 Å². The summed E-state index contributed by atoms with van der Waals surface area (Å²) in [6.07, 6.45) is 7.05. The molecule has 1 aromatic rings. The van der Waals surface area contributed by atoms with Gasteiger partial charge < -0.3 is 10.4 Å². The smallest absolute Gasteiger partial charge is 0.0670 e. The molecule has 2 unspecified atom stereocenters. The summed E-state index contributed by atoms with van der Waals surface area (Å²) in [5.74, 6) is 1.53. The molecule has 1 aromatic heterocycles. The summed E-state index contributed by atoms with van der Waals surface area (Å²) in [7, 11) is 0. The van der Waals surface area contributed by atoms with Crippen LogP contribution in [-0.4, -0.2) is 16.2 Å². The number of aryl methyl sites for hydroxylation is 1. The average Bonchev–Trinajstić information content (AvgIpc) is 2.69. The number of aliphatic hydroxyl groups is 1. The van der Waals surface area contributed by atoms with Crippen LogP contribution in [0.25, 0.3) is 0 Å². The lowest BCUT2D eigenvalue weighted by atomic mass is 9.51. The van der Waals surface area contributed by atoms with Crippen molar-refractivity contribution in [2.24, 2.45) is 11.8 Å². The van der Waals surface area contributed by atoms with Gasteiger partial charge in [0.2, 0.25) is 0 Å². The zero-order valence-electron chi connectivity index (χ0n) is 12.0. The van der Waals surface area contributed by atoms with Gasteiger partial charge in [0.15, 0.2) is 0 Å². The van der Waals surface area contributed by atoms with Crippen molar-refractivity contribution in [3.05, 3.63) is 21.9 Å². The van der Waals surface area contributed by atoms with E-state index in [1.807, 2.05) is 11.3 Å². The van der Waals surface area contributed by atoms with Crippen molar-refractivity contribution >= 4 is 23.7 Å². The van der Waals surface area contributed by atoms with Crippen LogP contribution in [0.15, 0.2) is 12.1 Å². The van der Waals surface area contributed by atoms with E-state index in [4.69, 9.17) is 0 Å². The molecule has 2 nitrogen and oxygen atoms in total. The van der Waals surface area contributed by atoms with Crippen molar-refractivity contribution in [3.8, 4) is 0 Å². The second kappa shape index (κ2) is 4.98. The van der Waals surface area contributed by atoms with Crippen LogP contribution >= 0.6 is 23.7 Å². The Morgan fingerprint density at radius 3 is 2.50 bits per heavy atom. The third kappa shape index (κ3) is 2.54. The lowest BCUT2D eigenvalue weighted by Crippen LogP contribution is -2.64. The largest absolute Gasteiger partial charge is 0.390 e. The maximum absolute atomic E-state index is 10.7. The van der Waals surface area contributed by atoms with Crippen LogP contribution in [0.4, 0.5) is 0 Å². The van der Waals surface area contributed by atoms with Gasteiger partial charge >= 0.3 is 0 Å². The Hall–Kier alpha value is -0.0900. The van der Waals surface area contributed by atoms with E-state index in [-0.39, 0.29) is 23.5 Å². The number of thiophene rings is 1. The second-order valence-corrected chi connectivity index (χ2v) is 8.70. The molecule has 0 amide bonds. The van der Waals surface area contributed by atoms with E-state index in [9.17, 15) is 5.11 Å². The van der Waals surface area contributed by atoms with Gasteiger partial charge in [0, 0.05) is 21.8 Å². The lowest BCUT2D eigenvalue weighted by Gasteiger charge is -2.60. The highest BCUT2D eigenvalue weighted by Gasteiger charge is 2.56. The second-order valence-electron chi connectivity index (χ2n) is 7.33. The van der Waals surface area contributed by atoms with Crippen molar-refractivity contribution in [2.45, 2.75) is 63.1 Å². The Morgan fingerprint density at radius 2 is 1.95 bits per heavy atom. The summed E-state index contributed by atoms with van der Waals surface area (Å²) in [4.78, 5) is 2.82. The molecular formula is C16H24ClNOS. The number of nitrogens with one attached hydrogen (secondary N) is 1. The first-order valence-electron chi connectivity index (χ1n) is 7.57. The molecule has 0 aromatic carbocycles. The minimum Gasteiger partial charge on any atom is -0.390 e. The van der Waals surface area contributed by atoms with E-state index >= 15 is 0 Å². The number of halogens is 1. The molecule has 0 radical (unpaired) electrons. The third-order valence-electron chi connectivity index (χ3n) is 5.46. The Kier molecular flexibility index (Phi) is 3.69. The first kappa shape index (κ1) is 14.8. The molecule has 4 aliphatic carbocycles. The van der Waals surface area contributed by atoms with Gasteiger partial charge in [-0.2, -0.15) is 0 Å². The predicted octanol–water partition coefficient (Wildman–Crippen LogP) is 3.65. The molecule has 0 aliphatic heterocycles. The number of hydrogen-bond donors (Lipinski definition) is 2. The molecule has 20 heavy (non-hydrogen) atoms. The summed E-state index contributed by atoms with van der Waals surface area (Å²) in [5.41, 5.74) is -0.112. The summed E-state index contributed by atoms with van der Waals surface area (Å²) < 4.78 is 0. The summed E-state index contributed by atoms with van der Waals surface area (Å²) in [5, 5.41) is 14.6. The lowest BCUT2D eigenvalue weighted by molar-refractivity contribution is -0.142. The maximum Gasteiger partial charge on any atom is 0.0670 e. The third-order valence-corrected chi connectivity index (χ3v) is 6.46. The molecule has 4 heteroatoms. The van der Waals surface area contributed by atoms with Crippen LogP contribution in [0.2, 0.25) is 0 Å². The van der Waals surface area contributed by atoms with Gasteiger partial charge in [0.05, 0.1) is 5.60 Å². The monoisotopic (exact) mass is 313 g/mol. The zero-order chi connectivity index (χ0) is 13.1. The van der Waals surface area contributed by atoms with Crippen LogP contribution in [-0.2, 0) is 6.54 Å². The molecule has 2 atom stereocenters. The van der Waals surface area contributed by atoms with Crippen molar-refractivity contribution < 1.29 is 5.11 Å². The summed E-state index contributed by atoms with van der Waals surface area (Å²) in [6, 6.07) is 4.44. The molecule has 1 heterocycles. The van der Waals surface area contributed by atoms with Crippen LogP contribution < -0.4 is 5.32 Å². The van der Waals surface area contributed by atoms with E-state index in [1.165, 1.54) is 29.0 Å². The highest BCUT2D eigenvalue weighted by atomic mass is 35.5. The van der Waals surface area contributed by atoms with E-state index < -0.39 is 0 Å². The molecule has 0 spiro atoms. The number of rotatable bonds is 3. The van der Waals surface area contributed by atoms with Gasteiger partial charge in [-0.05, 0) is 69.4 Å². The van der Waals surface area contributed by atoms with Crippen molar-refractivity contribution in [1.29, 1.82) is 0 Å². The molecule has 4 fully saturated rings.